The lowest BCUT2D eigenvalue weighted by atomic mass is 9.49. The van der Waals surface area contributed by atoms with Crippen LogP contribution in [0.3, 0.4) is 0 Å². The van der Waals surface area contributed by atoms with Crippen LogP contribution in [0.15, 0.2) is 30.5 Å². The van der Waals surface area contributed by atoms with E-state index in [2.05, 4.69) is 52.2 Å². The molecule has 8 heteroatoms. The van der Waals surface area contributed by atoms with E-state index < -0.39 is 0 Å². The van der Waals surface area contributed by atoms with Crippen LogP contribution in [0.4, 0.5) is 5.69 Å². The number of hydrogen-bond acceptors (Lipinski definition) is 3. The Bertz CT molecular complexity index is 784. The molecule has 1 aromatic carbocycles. The van der Waals surface area contributed by atoms with Gasteiger partial charge in [-0.2, -0.15) is 5.10 Å². The van der Waals surface area contributed by atoms with Crippen molar-refractivity contribution in [2.45, 2.75) is 37.5 Å². The average Bonchev–Trinajstić information content (AvgIpc) is 2.97. The lowest BCUT2D eigenvalue weighted by Crippen LogP contribution is -2.36. The van der Waals surface area contributed by atoms with Gasteiger partial charge >= 0.3 is 0 Å². The normalized spacial score (nSPS) is 21.6. The number of nitrogens with two attached hydrogens (primary N) is 1. The summed E-state index contributed by atoms with van der Waals surface area (Å²) in [7, 11) is 6.32. The molecule has 1 amide bonds. The van der Waals surface area contributed by atoms with Crippen LogP contribution in [-0.4, -0.2) is 39.2 Å². The zero-order valence-electron chi connectivity index (χ0n) is 15.5. The first-order valence-corrected chi connectivity index (χ1v) is 9.02. The molecule has 0 saturated heterocycles. The molecular weight excluding hydrogens is 309 g/mol. The van der Waals surface area contributed by atoms with Gasteiger partial charge in [-0.05, 0) is 29.7 Å². The van der Waals surface area contributed by atoms with Crippen molar-refractivity contribution in [2.24, 2.45) is 11.7 Å². The number of nitrogens with zero attached hydrogens (tertiary/aromatic N) is 2. The number of carbonyl (C=O) groups excluding carboxylic acids is 1. The number of nitrogens with one attached hydrogen (secondary N) is 1. The molecule has 2 bridgehead atoms. The van der Waals surface area contributed by atoms with Gasteiger partial charge in [-0.1, -0.05) is 31.5 Å². The maximum atomic E-state index is 12.6. The molecule has 5 nitrogen and oxygen atoms in total. The molecule has 0 fully saturated rings. The van der Waals surface area contributed by atoms with E-state index in [1.54, 1.807) is 6.20 Å². The van der Waals surface area contributed by atoms with Crippen molar-refractivity contribution in [3.8, 4) is 11.3 Å². The Morgan fingerprint density at radius 1 is 1.32 bits per heavy atom. The number of hydrogen-bond donors (Lipinski definition) is 2. The lowest BCUT2D eigenvalue weighted by Gasteiger charge is -2.24. The second-order valence-corrected chi connectivity index (χ2v) is 8.04. The summed E-state index contributed by atoms with van der Waals surface area (Å²) in [4.78, 5) is 12.6. The topological polar surface area (TPSA) is 72.9 Å². The van der Waals surface area contributed by atoms with E-state index in [0.717, 1.165) is 41.8 Å². The first kappa shape index (κ1) is 17.9. The van der Waals surface area contributed by atoms with E-state index in [-0.39, 0.29) is 23.1 Å². The molecule has 0 unspecified atom stereocenters. The third-order valence-electron chi connectivity index (χ3n) is 4.85. The van der Waals surface area contributed by atoms with Gasteiger partial charge in [0.15, 0.2) is 0 Å². The molecule has 25 heavy (non-hydrogen) atoms. The lowest BCUT2D eigenvalue weighted by molar-refractivity contribution is -0.119. The van der Waals surface area contributed by atoms with Crippen LogP contribution in [0.5, 0.6) is 0 Å². The van der Waals surface area contributed by atoms with Crippen LogP contribution in [0.25, 0.3) is 11.3 Å². The minimum absolute atomic E-state index is 0.0101. The van der Waals surface area contributed by atoms with Crippen LogP contribution in [0, 0.1) is 5.92 Å². The number of benzene rings is 1. The second kappa shape index (κ2) is 6.75. The van der Waals surface area contributed by atoms with Gasteiger partial charge in [0.2, 0.25) is 5.91 Å². The van der Waals surface area contributed by atoms with Gasteiger partial charge in [0.1, 0.15) is 23.5 Å². The number of amides is 1. The highest BCUT2D eigenvalue weighted by molar-refractivity contribution is 6.56. The molecule has 0 spiro atoms. The number of fused-ring (bicyclic) bond motifs is 4. The van der Waals surface area contributed by atoms with Crippen LogP contribution < -0.4 is 11.1 Å². The van der Waals surface area contributed by atoms with E-state index in [9.17, 15) is 4.79 Å². The summed E-state index contributed by atoms with van der Waals surface area (Å²) in [6, 6.07) is 8.29. The van der Waals surface area contributed by atoms with Crippen LogP contribution in [0.2, 0.25) is 0 Å². The zero-order chi connectivity index (χ0) is 18.2. The molecule has 1 aliphatic rings. The summed E-state index contributed by atoms with van der Waals surface area (Å²) in [6.45, 7) is 1.97. The van der Waals surface area contributed by atoms with Crippen LogP contribution in [-0.2, 0) is 10.0 Å². The van der Waals surface area contributed by atoms with Gasteiger partial charge in [0, 0.05) is 17.5 Å². The molecule has 2 atom stereocenters. The molecule has 2 aromatic rings. The Labute approximate surface area is 152 Å². The van der Waals surface area contributed by atoms with Gasteiger partial charge in [0.05, 0.1) is 17.6 Å². The van der Waals surface area contributed by atoms with E-state index in [0.29, 0.717) is 0 Å². The second-order valence-electron chi connectivity index (χ2n) is 8.04. The predicted octanol–water partition coefficient (Wildman–Crippen LogP) is -0.224. The van der Waals surface area contributed by atoms with Gasteiger partial charge in [-0.25, -0.2) is 0 Å². The van der Waals surface area contributed by atoms with Crippen molar-refractivity contribution in [3.63, 3.8) is 0 Å². The highest BCUT2D eigenvalue weighted by atomic mass is 16.1. The molecule has 0 saturated carbocycles. The number of rotatable bonds is 1. The summed E-state index contributed by atoms with van der Waals surface area (Å²) in [5.74, 6) is -0.00388. The van der Waals surface area contributed by atoms with Gasteiger partial charge in [0.25, 0.3) is 0 Å². The molecule has 0 radical (unpaired) electrons. The summed E-state index contributed by atoms with van der Waals surface area (Å²) < 4.78 is 1.98. The van der Waals surface area contributed by atoms with Crippen molar-refractivity contribution >= 4 is 35.1 Å². The number of anilines is 1. The minimum Gasteiger partial charge on any atom is -0.324 e. The highest BCUT2D eigenvalue weighted by Crippen LogP contribution is 2.33. The Morgan fingerprint density at radius 3 is 2.80 bits per heavy atom. The summed E-state index contributed by atoms with van der Waals surface area (Å²) in [5, 5.41) is 7.45. The first-order chi connectivity index (χ1) is 11.8. The fourth-order valence-corrected chi connectivity index (χ4v) is 3.34. The van der Waals surface area contributed by atoms with Crippen LogP contribution in [0.1, 0.15) is 37.8 Å². The van der Waals surface area contributed by atoms with E-state index in [4.69, 9.17) is 5.73 Å². The SMILES string of the molecule is BC(B)(B)n1ncc2c1-c1cccc(c1)[C@@H](N)CCC[C@@H](C)C(=O)N2. The van der Waals surface area contributed by atoms with Crippen LogP contribution >= 0.6 is 0 Å². The molecule has 0 aliphatic carbocycles. The quantitative estimate of drug-likeness (QED) is 0.708. The predicted molar refractivity (Wildman–Crippen MR) is 110 cm³/mol. The van der Waals surface area contributed by atoms with Gasteiger partial charge < -0.3 is 11.1 Å². The van der Waals surface area contributed by atoms with E-state index >= 15 is 0 Å². The Kier molecular flexibility index (Phi) is 4.82. The van der Waals surface area contributed by atoms with Crippen molar-refractivity contribution < 1.29 is 4.79 Å². The number of carbonyl (C=O) groups is 1. The smallest absolute Gasteiger partial charge is 0.227 e. The minimum atomic E-state index is -0.195. The standard InChI is InChI=1S/C17H25B3N4O/c1-10-4-2-7-13(21)11-5-3-6-12(8-11)15-14(23-16(10)25)9-22-24(15)17(18,19)20/h3,5-6,8-10,13H,2,4,7,18-21H2,1H3,(H,23,25)/t10-,13+/m1/s1. The first-order valence-electron chi connectivity index (χ1n) is 9.02. The maximum Gasteiger partial charge on any atom is 0.227 e. The molecule has 3 rings (SSSR count). The van der Waals surface area contributed by atoms with Gasteiger partial charge in [-0.3, -0.25) is 9.48 Å². The molecular formula is C17H25B3N4O. The third kappa shape index (κ3) is 3.69. The van der Waals surface area contributed by atoms with Crippen molar-refractivity contribution in [3.05, 3.63) is 36.0 Å². The van der Waals surface area contributed by atoms with Crippen molar-refractivity contribution in [2.75, 3.05) is 5.32 Å². The number of aromatic nitrogens is 2. The van der Waals surface area contributed by atoms with E-state index in [1.165, 1.54) is 0 Å². The molecule has 128 valence electrons. The summed E-state index contributed by atoms with van der Waals surface area (Å²) >= 11 is 0. The largest absolute Gasteiger partial charge is 0.324 e. The fourth-order valence-electron chi connectivity index (χ4n) is 3.34. The Morgan fingerprint density at radius 2 is 2.08 bits per heavy atom. The maximum absolute atomic E-state index is 12.6. The average molecular weight is 334 g/mol. The Hall–Kier alpha value is -1.95. The Balaban J connectivity index is 2.18. The molecule has 3 N–H and O–H groups in total. The van der Waals surface area contributed by atoms with Gasteiger partial charge in [-0.15, -0.1) is 0 Å². The fraction of sp³-hybridized carbons (Fsp3) is 0.412. The highest BCUT2D eigenvalue weighted by Gasteiger charge is 2.25. The zero-order valence-corrected chi connectivity index (χ0v) is 15.5. The monoisotopic (exact) mass is 334 g/mol. The summed E-state index contributed by atoms with van der Waals surface area (Å²) in [6.07, 6.45) is 4.41. The van der Waals surface area contributed by atoms with Crippen molar-refractivity contribution in [1.29, 1.82) is 0 Å². The molecule has 1 aliphatic heterocycles. The summed E-state index contributed by atoms with van der Waals surface area (Å²) in [5.41, 5.74) is 10.3. The third-order valence-corrected chi connectivity index (χ3v) is 4.85. The molecule has 2 heterocycles. The molecule has 1 aromatic heterocycles. The van der Waals surface area contributed by atoms with Crippen molar-refractivity contribution in [1.82, 2.24) is 9.78 Å². The van der Waals surface area contributed by atoms with E-state index in [1.807, 2.05) is 17.7 Å².